The molecule has 1 atom stereocenters. The number of nitrogens with one attached hydrogen (secondary N) is 2. The molecular formula is C15H30N4S. The van der Waals surface area contributed by atoms with E-state index in [0.717, 1.165) is 12.5 Å². The molecule has 1 aliphatic heterocycles. The molecule has 0 bridgehead atoms. The zero-order valence-electron chi connectivity index (χ0n) is 13.2. The normalized spacial score (nSPS) is 28.9. The first kappa shape index (κ1) is 16.0. The molecular weight excluding hydrogens is 268 g/mol. The molecule has 0 aromatic rings. The summed E-state index contributed by atoms with van der Waals surface area (Å²) in [5.41, 5.74) is 0.287. The molecule has 0 amide bonds. The molecule has 20 heavy (non-hydrogen) atoms. The zero-order chi connectivity index (χ0) is 14.4. The molecule has 4 nitrogen and oxygen atoms in total. The average molecular weight is 299 g/mol. The van der Waals surface area contributed by atoms with Crippen LogP contribution < -0.4 is 10.6 Å². The van der Waals surface area contributed by atoms with Gasteiger partial charge in [-0.15, -0.1) is 0 Å². The molecule has 0 aromatic carbocycles. The van der Waals surface area contributed by atoms with Crippen LogP contribution in [0.15, 0.2) is 4.99 Å². The lowest BCUT2D eigenvalue weighted by molar-refractivity contribution is 0.182. The Morgan fingerprint density at radius 1 is 1.30 bits per heavy atom. The fourth-order valence-electron chi connectivity index (χ4n) is 3.13. The van der Waals surface area contributed by atoms with Crippen molar-refractivity contribution >= 4 is 17.7 Å². The Balaban J connectivity index is 1.83. The van der Waals surface area contributed by atoms with Crippen LogP contribution in [0.25, 0.3) is 0 Å². The minimum absolute atomic E-state index is 0.287. The van der Waals surface area contributed by atoms with Crippen LogP contribution in [0.5, 0.6) is 0 Å². The highest BCUT2D eigenvalue weighted by Gasteiger charge is 2.36. The highest BCUT2D eigenvalue weighted by atomic mass is 32.2. The zero-order valence-corrected chi connectivity index (χ0v) is 14.1. The van der Waals surface area contributed by atoms with Crippen LogP contribution in [0.4, 0.5) is 0 Å². The number of aliphatic imine (C=N–C) groups is 1. The van der Waals surface area contributed by atoms with Crippen LogP contribution >= 0.6 is 11.8 Å². The number of rotatable bonds is 4. The summed E-state index contributed by atoms with van der Waals surface area (Å²) in [7, 11) is 6.28. The van der Waals surface area contributed by atoms with E-state index in [0.29, 0.717) is 6.04 Å². The van der Waals surface area contributed by atoms with E-state index in [1.807, 2.05) is 7.05 Å². The predicted octanol–water partition coefficient (Wildman–Crippen LogP) is 1.92. The maximum absolute atomic E-state index is 4.40. The van der Waals surface area contributed by atoms with Gasteiger partial charge in [-0.1, -0.05) is 19.3 Å². The standard InChI is InChI=1S/C15H30N4S/c1-16-14(18-13-7-5-4-6-8-13)17-11-15(19(2)3)9-10-20-12-15/h13H,4-12H2,1-3H3,(H2,16,17,18). The predicted molar refractivity (Wildman–Crippen MR) is 89.7 cm³/mol. The number of hydrogen-bond donors (Lipinski definition) is 2. The van der Waals surface area contributed by atoms with Crippen molar-refractivity contribution < 1.29 is 0 Å². The van der Waals surface area contributed by atoms with Gasteiger partial charge in [-0.3, -0.25) is 4.99 Å². The summed E-state index contributed by atoms with van der Waals surface area (Å²) in [5, 5.41) is 7.16. The molecule has 0 spiro atoms. The summed E-state index contributed by atoms with van der Waals surface area (Å²) in [5.74, 6) is 3.47. The Morgan fingerprint density at radius 3 is 2.60 bits per heavy atom. The molecule has 2 fully saturated rings. The monoisotopic (exact) mass is 298 g/mol. The lowest BCUT2D eigenvalue weighted by Crippen LogP contribution is -2.55. The minimum Gasteiger partial charge on any atom is -0.355 e. The van der Waals surface area contributed by atoms with Crippen molar-refractivity contribution in [2.75, 3.05) is 39.2 Å². The van der Waals surface area contributed by atoms with Gasteiger partial charge in [0.1, 0.15) is 0 Å². The Bertz CT molecular complexity index is 318. The topological polar surface area (TPSA) is 39.7 Å². The van der Waals surface area contributed by atoms with Gasteiger partial charge >= 0.3 is 0 Å². The number of guanidine groups is 1. The number of hydrogen-bond acceptors (Lipinski definition) is 3. The van der Waals surface area contributed by atoms with E-state index in [2.05, 4.69) is 46.4 Å². The average Bonchev–Trinajstić information content (AvgIpc) is 2.95. The van der Waals surface area contributed by atoms with Crippen LogP contribution in [0.2, 0.25) is 0 Å². The van der Waals surface area contributed by atoms with Gasteiger partial charge in [0.25, 0.3) is 0 Å². The summed E-state index contributed by atoms with van der Waals surface area (Å²) in [6, 6.07) is 0.614. The maximum atomic E-state index is 4.40. The summed E-state index contributed by atoms with van der Waals surface area (Å²) in [4.78, 5) is 6.79. The summed E-state index contributed by atoms with van der Waals surface area (Å²) in [6.45, 7) is 0.986. The van der Waals surface area contributed by atoms with Crippen molar-refractivity contribution in [2.45, 2.75) is 50.1 Å². The summed E-state index contributed by atoms with van der Waals surface area (Å²) < 4.78 is 0. The summed E-state index contributed by atoms with van der Waals surface area (Å²) in [6.07, 6.45) is 7.94. The van der Waals surface area contributed by atoms with Crippen LogP contribution in [-0.4, -0.2) is 61.6 Å². The first-order valence-corrected chi connectivity index (χ1v) is 9.04. The molecule has 0 aromatic heterocycles. The van der Waals surface area contributed by atoms with Crippen LogP contribution in [0.1, 0.15) is 38.5 Å². The molecule has 2 aliphatic rings. The minimum atomic E-state index is 0.287. The van der Waals surface area contributed by atoms with Gasteiger partial charge in [-0.2, -0.15) is 11.8 Å². The van der Waals surface area contributed by atoms with Crippen molar-refractivity contribution in [3.05, 3.63) is 0 Å². The third-order valence-corrected chi connectivity index (χ3v) is 6.02. The van der Waals surface area contributed by atoms with E-state index in [4.69, 9.17) is 0 Å². The highest BCUT2D eigenvalue weighted by Crippen LogP contribution is 2.31. The smallest absolute Gasteiger partial charge is 0.191 e. The quantitative estimate of drug-likeness (QED) is 0.614. The Labute approximate surface area is 128 Å². The van der Waals surface area contributed by atoms with E-state index in [1.54, 1.807) is 0 Å². The molecule has 5 heteroatoms. The van der Waals surface area contributed by atoms with Crippen LogP contribution in [-0.2, 0) is 0 Å². The van der Waals surface area contributed by atoms with E-state index in [9.17, 15) is 0 Å². The van der Waals surface area contributed by atoms with Gasteiger partial charge in [0.15, 0.2) is 5.96 Å². The molecule has 1 aliphatic carbocycles. The molecule has 2 rings (SSSR count). The van der Waals surface area contributed by atoms with Crippen molar-refractivity contribution in [3.63, 3.8) is 0 Å². The van der Waals surface area contributed by atoms with E-state index in [-0.39, 0.29) is 5.54 Å². The van der Waals surface area contributed by atoms with E-state index >= 15 is 0 Å². The van der Waals surface area contributed by atoms with Crippen LogP contribution in [0, 0.1) is 0 Å². The third-order valence-electron chi connectivity index (χ3n) is 4.79. The van der Waals surface area contributed by atoms with E-state index in [1.165, 1.54) is 50.0 Å². The van der Waals surface area contributed by atoms with Gasteiger partial charge < -0.3 is 15.5 Å². The second kappa shape index (κ2) is 7.55. The molecule has 1 heterocycles. The van der Waals surface area contributed by atoms with E-state index < -0.39 is 0 Å². The number of nitrogens with zero attached hydrogens (tertiary/aromatic N) is 2. The number of thioether (sulfide) groups is 1. The first-order chi connectivity index (χ1) is 9.66. The van der Waals surface area contributed by atoms with Gasteiger partial charge in [0, 0.05) is 30.9 Å². The fraction of sp³-hybridized carbons (Fsp3) is 0.933. The summed E-state index contributed by atoms with van der Waals surface area (Å²) >= 11 is 2.06. The highest BCUT2D eigenvalue weighted by molar-refractivity contribution is 7.99. The van der Waals surface area contributed by atoms with Crippen LogP contribution in [0.3, 0.4) is 0 Å². The lowest BCUT2D eigenvalue weighted by Gasteiger charge is -2.36. The first-order valence-electron chi connectivity index (χ1n) is 7.89. The Kier molecular flexibility index (Phi) is 6.02. The molecule has 2 N–H and O–H groups in total. The lowest BCUT2D eigenvalue weighted by atomic mass is 9.95. The SMILES string of the molecule is CN=C(NCC1(N(C)C)CCSC1)NC1CCCCC1. The maximum Gasteiger partial charge on any atom is 0.191 e. The Hall–Kier alpha value is -0.420. The van der Waals surface area contributed by atoms with Gasteiger partial charge in [0.05, 0.1) is 0 Å². The van der Waals surface area contributed by atoms with Crippen molar-refractivity contribution in [3.8, 4) is 0 Å². The van der Waals surface area contributed by atoms with Gasteiger partial charge in [-0.25, -0.2) is 0 Å². The molecule has 1 saturated heterocycles. The molecule has 0 radical (unpaired) electrons. The molecule has 1 unspecified atom stereocenters. The largest absolute Gasteiger partial charge is 0.355 e. The fourth-order valence-corrected chi connectivity index (χ4v) is 4.68. The number of likely N-dealkylation sites (N-methyl/N-ethyl adjacent to an activating group) is 1. The van der Waals surface area contributed by atoms with Crippen molar-refractivity contribution in [1.82, 2.24) is 15.5 Å². The van der Waals surface area contributed by atoms with Gasteiger partial charge in [-0.05, 0) is 39.1 Å². The second-order valence-corrected chi connectivity index (χ2v) is 7.43. The Morgan fingerprint density at radius 2 is 2.05 bits per heavy atom. The van der Waals surface area contributed by atoms with Gasteiger partial charge in [0.2, 0.25) is 0 Å². The van der Waals surface area contributed by atoms with Crippen molar-refractivity contribution in [2.24, 2.45) is 4.99 Å². The third kappa shape index (κ3) is 4.04. The molecule has 116 valence electrons. The molecule has 1 saturated carbocycles. The van der Waals surface area contributed by atoms with Crippen molar-refractivity contribution in [1.29, 1.82) is 0 Å². The second-order valence-electron chi connectivity index (χ2n) is 6.33.